The summed E-state index contributed by atoms with van der Waals surface area (Å²) in [5, 5.41) is 16.3. The standard InChI is InChI=1S/C2H5Br.CH5BO2.CH2Br2/c1-2-3;1-2(3)4;2-1-3/h2H2,1H3;3-4H,1H3;1H2. The average Bonchev–Trinajstić information content (AvgIpc) is 1.65. The molecule has 0 fully saturated rings. The summed E-state index contributed by atoms with van der Waals surface area (Å²) in [5.41, 5.74) is 0. The van der Waals surface area contributed by atoms with Crippen LogP contribution in [0.4, 0.5) is 0 Å². The molecule has 0 unspecified atom stereocenters. The van der Waals surface area contributed by atoms with Gasteiger partial charge in [-0.1, -0.05) is 54.7 Å². The highest BCUT2D eigenvalue weighted by molar-refractivity contribution is 9.24. The molecular weight excluding hydrogens is 331 g/mol. The van der Waals surface area contributed by atoms with Crippen LogP contribution >= 0.6 is 47.8 Å². The van der Waals surface area contributed by atoms with Crippen molar-refractivity contribution in [2.45, 2.75) is 13.7 Å². The predicted octanol–water partition coefficient (Wildman–Crippen LogP) is 2.22. The van der Waals surface area contributed by atoms with Crippen molar-refractivity contribution in [1.82, 2.24) is 0 Å². The van der Waals surface area contributed by atoms with Crippen LogP contribution in [0, 0.1) is 0 Å². The molecule has 0 amide bonds. The van der Waals surface area contributed by atoms with Crippen LogP contribution < -0.4 is 0 Å². The lowest BCUT2D eigenvalue weighted by Crippen LogP contribution is -2.00. The van der Waals surface area contributed by atoms with E-state index in [1.165, 1.54) is 6.82 Å². The number of hydrogen-bond donors (Lipinski definition) is 2. The van der Waals surface area contributed by atoms with Crippen molar-refractivity contribution in [3.8, 4) is 0 Å². The molecule has 0 atom stereocenters. The molecule has 0 aromatic rings. The minimum absolute atomic E-state index is 0.875. The largest absolute Gasteiger partial charge is 0.448 e. The molecule has 0 bridgehead atoms. The summed E-state index contributed by atoms with van der Waals surface area (Å²) in [4.78, 5) is 0. The minimum Gasteiger partial charge on any atom is -0.427 e. The molecule has 0 aliphatic carbocycles. The van der Waals surface area contributed by atoms with Crippen LogP contribution in [0.15, 0.2) is 0 Å². The lowest BCUT2D eigenvalue weighted by atomic mass is 9.99. The average molecular weight is 343 g/mol. The molecule has 0 radical (unpaired) electrons. The molecule has 0 saturated heterocycles. The third-order valence-electron chi connectivity index (χ3n) is 0. The topological polar surface area (TPSA) is 40.5 Å². The van der Waals surface area contributed by atoms with Crippen molar-refractivity contribution in [2.24, 2.45) is 0 Å². The summed E-state index contributed by atoms with van der Waals surface area (Å²) in [7, 11) is -1.17. The van der Waals surface area contributed by atoms with E-state index >= 15 is 0 Å². The summed E-state index contributed by atoms with van der Waals surface area (Å²) in [6, 6.07) is 0. The second-order valence-electron chi connectivity index (χ2n) is 1.00. The Labute approximate surface area is 87.9 Å². The monoisotopic (exact) mass is 340 g/mol. The van der Waals surface area contributed by atoms with Gasteiger partial charge in [-0.2, -0.15) is 0 Å². The predicted molar refractivity (Wildman–Crippen MR) is 58.2 cm³/mol. The van der Waals surface area contributed by atoms with E-state index in [2.05, 4.69) is 47.8 Å². The van der Waals surface area contributed by atoms with E-state index in [0.29, 0.717) is 0 Å². The molecule has 0 aromatic carbocycles. The summed E-state index contributed by atoms with van der Waals surface area (Å²) < 4.78 is 0.875. The maximum atomic E-state index is 7.61. The van der Waals surface area contributed by atoms with Gasteiger partial charge in [-0.05, 0) is 6.82 Å². The van der Waals surface area contributed by atoms with Gasteiger partial charge in [-0.3, -0.25) is 0 Å². The van der Waals surface area contributed by atoms with Gasteiger partial charge in [0.05, 0.1) is 4.24 Å². The Morgan fingerprint density at radius 3 is 1.20 bits per heavy atom. The summed E-state index contributed by atoms with van der Waals surface area (Å²) in [5.74, 6) is 0. The normalized spacial score (nSPS) is 6.30. The zero-order valence-corrected chi connectivity index (χ0v) is 10.8. The van der Waals surface area contributed by atoms with Crippen LogP contribution in [0.25, 0.3) is 0 Å². The maximum Gasteiger partial charge on any atom is 0.448 e. The Kier molecular flexibility index (Phi) is 39.2. The number of halogens is 3. The Bertz CT molecular complexity index is 34.9. The molecule has 64 valence electrons. The first kappa shape index (κ1) is 17.5. The van der Waals surface area contributed by atoms with E-state index < -0.39 is 7.12 Å². The van der Waals surface area contributed by atoms with Crippen molar-refractivity contribution in [2.75, 3.05) is 9.57 Å². The van der Waals surface area contributed by atoms with E-state index in [0.717, 1.165) is 9.57 Å². The van der Waals surface area contributed by atoms with Gasteiger partial charge in [0.2, 0.25) is 0 Å². The fourth-order valence-corrected chi connectivity index (χ4v) is 0. The van der Waals surface area contributed by atoms with E-state index in [4.69, 9.17) is 10.0 Å². The third kappa shape index (κ3) is 329. The second kappa shape index (κ2) is 22.4. The molecule has 2 N–H and O–H groups in total. The SMILES string of the molecule is BrCBr.CB(O)O.CCBr. The van der Waals surface area contributed by atoms with Crippen LogP contribution in [0.5, 0.6) is 0 Å². The van der Waals surface area contributed by atoms with E-state index in [9.17, 15) is 0 Å². The minimum atomic E-state index is -1.17. The molecule has 0 spiro atoms. The molecular formula is C4H12BBr3O2. The van der Waals surface area contributed by atoms with Gasteiger partial charge in [0.15, 0.2) is 0 Å². The fourth-order valence-electron chi connectivity index (χ4n) is 0. The second-order valence-corrected chi connectivity index (χ2v) is 4.75. The van der Waals surface area contributed by atoms with E-state index in [1.807, 2.05) is 6.92 Å². The molecule has 0 heterocycles. The number of hydrogen-bond acceptors (Lipinski definition) is 2. The molecule has 2 nitrogen and oxygen atoms in total. The van der Waals surface area contributed by atoms with Crippen LogP contribution in [0.2, 0.25) is 6.82 Å². The van der Waals surface area contributed by atoms with Crippen LogP contribution in [0.3, 0.4) is 0 Å². The lowest BCUT2D eigenvalue weighted by Gasteiger charge is -1.71. The number of rotatable bonds is 0. The highest BCUT2D eigenvalue weighted by Gasteiger charge is 1.86. The van der Waals surface area contributed by atoms with Gasteiger partial charge >= 0.3 is 7.12 Å². The van der Waals surface area contributed by atoms with Gasteiger partial charge < -0.3 is 10.0 Å². The fraction of sp³-hybridized carbons (Fsp3) is 1.00. The summed E-state index contributed by atoms with van der Waals surface area (Å²) in [6.45, 7) is 3.32. The van der Waals surface area contributed by atoms with Crippen LogP contribution in [-0.4, -0.2) is 26.7 Å². The third-order valence-corrected chi connectivity index (χ3v) is 0. The zero-order valence-electron chi connectivity index (χ0n) is 6.02. The van der Waals surface area contributed by atoms with Gasteiger partial charge in [-0.25, -0.2) is 0 Å². The first-order valence-electron chi connectivity index (χ1n) is 2.60. The van der Waals surface area contributed by atoms with Gasteiger partial charge in [0, 0.05) is 5.33 Å². The van der Waals surface area contributed by atoms with Crippen LogP contribution in [-0.2, 0) is 0 Å². The lowest BCUT2D eigenvalue weighted by molar-refractivity contribution is 0.417. The summed E-state index contributed by atoms with van der Waals surface area (Å²) in [6.07, 6.45) is 0. The Hall–Kier alpha value is 1.42. The quantitative estimate of drug-likeness (QED) is 0.523. The molecule has 0 saturated carbocycles. The molecule has 0 aliphatic rings. The molecule has 0 aromatic heterocycles. The molecule has 6 heteroatoms. The van der Waals surface area contributed by atoms with Crippen molar-refractivity contribution in [3.63, 3.8) is 0 Å². The Morgan fingerprint density at radius 1 is 1.20 bits per heavy atom. The van der Waals surface area contributed by atoms with Crippen molar-refractivity contribution in [3.05, 3.63) is 0 Å². The van der Waals surface area contributed by atoms with Gasteiger partial charge in [0.25, 0.3) is 0 Å². The zero-order chi connectivity index (χ0) is 8.99. The van der Waals surface area contributed by atoms with Crippen LogP contribution in [0.1, 0.15) is 6.92 Å². The maximum absolute atomic E-state index is 7.61. The van der Waals surface area contributed by atoms with Gasteiger partial charge in [-0.15, -0.1) is 0 Å². The summed E-state index contributed by atoms with van der Waals surface area (Å²) >= 11 is 9.27. The first-order chi connectivity index (χ1) is 4.56. The van der Waals surface area contributed by atoms with Crippen molar-refractivity contribution in [1.29, 1.82) is 0 Å². The van der Waals surface area contributed by atoms with Crippen molar-refractivity contribution < 1.29 is 10.0 Å². The van der Waals surface area contributed by atoms with Crippen molar-refractivity contribution >= 4 is 54.9 Å². The smallest absolute Gasteiger partial charge is 0.427 e. The molecule has 0 aliphatic heterocycles. The highest BCUT2D eigenvalue weighted by Crippen LogP contribution is 1.83. The van der Waals surface area contributed by atoms with Gasteiger partial charge in [0.1, 0.15) is 0 Å². The van der Waals surface area contributed by atoms with E-state index in [-0.39, 0.29) is 0 Å². The number of alkyl halides is 3. The molecule has 0 rings (SSSR count). The Morgan fingerprint density at radius 2 is 1.20 bits per heavy atom. The first-order valence-corrected chi connectivity index (χ1v) is 5.97. The Balaban J connectivity index is -0.0000000750. The van der Waals surface area contributed by atoms with E-state index in [1.54, 1.807) is 0 Å². The highest BCUT2D eigenvalue weighted by atomic mass is 79.9. The molecule has 10 heavy (non-hydrogen) atoms.